The van der Waals surface area contributed by atoms with Crippen molar-refractivity contribution in [3.05, 3.63) is 35.5 Å². The molecule has 0 aliphatic carbocycles. The summed E-state index contributed by atoms with van der Waals surface area (Å²) in [5.41, 5.74) is 9.83. The van der Waals surface area contributed by atoms with Gasteiger partial charge in [0, 0.05) is 31.2 Å². The third-order valence-electron chi connectivity index (χ3n) is 3.44. The minimum atomic E-state index is 0.278. The van der Waals surface area contributed by atoms with E-state index in [-0.39, 0.29) is 6.04 Å². The zero-order valence-electron chi connectivity index (χ0n) is 11.1. The van der Waals surface area contributed by atoms with Gasteiger partial charge in [0.25, 0.3) is 0 Å². The number of aromatic nitrogens is 1. The van der Waals surface area contributed by atoms with Gasteiger partial charge >= 0.3 is 0 Å². The van der Waals surface area contributed by atoms with Gasteiger partial charge in [0.2, 0.25) is 0 Å². The first-order valence-corrected chi connectivity index (χ1v) is 5.97. The summed E-state index contributed by atoms with van der Waals surface area (Å²) in [6.07, 6.45) is 2.20. The molecule has 92 valence electrons. The number of likely N-dealkylation sites (N-methyl/N-ethyl adjacent to an activating group) is 1. The molecule has 3 nitrogen and oxygen atoms in total. The Hall–Kier alpha value is -1.32. The number of hydrogen-bond donors (Lipinski definition) is 1. The van der Waals surface area contributed by atoms with Crippen LogP contribution in [-0.2, 0) is 7.05 Å². The Morgan fingerprint density at radius 3 is 2.65 bits per heavy atom. The van der Waals surface area contributed by atoms with E-state index in [0.717, 1.165) is 0 Å². The lowest BCUT2D eigenvalue weighted by Gasteiger charge is -2.22. The van der Waals surface area contributed by atoms with Crippen LogP contribution < -0.4 is 5.73 Å². The summed E-state index contributed by atoms with van der Waals surface area (Å²) in [6, 6.07) is 6.73. The van der Waals surface area contributed by atoms with Gasteiger partial charge in [0.15, 0.2) is 0 Å². The molecule has 1 aromatic carbocycles. The molecule has 1 aromatic heterocycles. The van der Waals surface area contributed by atoms with Gasteiger partial charge in [-0.25, -0.2) is 0 Å². The van der Waals surface area contributed by atoms with Gasteiger partial charge in [-0.3, -0.25) is 0 Å². The Balaban J connectivity index is 2.67. The predicted molar refractivity (Wildman–Crippen MR) is 73.1 cm³/mol. The Morgan fingerprint density at radius 2 is 2.06 bits per heavy atom. The molecule has 1 unspecified atom stereocenters. The van der Waals surface area contributed by atoms with Crippen molar-refractivity contribution in [1.29, 1.82) is 0 Å². The van der Waals surface area contributed by atoms with Crippen LogP contribution in [0.4, 0.5) is 0 Å². The summed E-state index contributed by atoms with van der Waals surface area (Å²) >= 11 is 0. The van der Waals surface area contributed by atoms with Crippen LogP contribution in [0.1, 0.15) is 17.2 Å². The zero-order chi connectivity index (χ0) is 12.6. The number of aryl methyl sites for hydroxylation is 2. The summed E-state index contributed by atoms with van der Waals surface area (Å²) in [5, 5.41) is 1.32. The second-order valence-corrected chi connectivity index (χ2v) is 4.88. The molecule has 0 saturated heterocycles. The lowest BCUT2D eigenvalue weighted by molar-refractivity contribution is 0.307. The Bertz CT molecular complexity index is 525. The van der Waals surface area contributed by atoms with E-state index in [0.29, 0.717) is 6.54 Å². The van der Waals surface area contributed by atoms with Crippen molar-refractivity contribution in [2.45, 2.75) is 13.0 Å². The molecule has 0 bridgehead atoms. The first-order chi connectivity index (χ1) is 8.06. The predicted octanol–water partition coefficient (Wildman–Crippen LogP) is 2.05. The molecule has 17 heavy (non-hydrogen) atoms. The molecule has 0 fully saturated rings. The minimum absolute atomic E-state index is 0.278. The molecule has 2 N–H and O–H groups in total. The van der Waals surface area contributed by atoms with Crippen molar-refractivity contribution in [3.63, 3.8) is 0 Å². The smallest absolute Gasteiger partial charge is 0.0510 e. The third-order valence-corrected chi connectivity index (χ3v) is 3.44. The van der Waals surface area contributed by atoms with E-state index in [1.807, 2.05) is 0 Å². The fraction of sp³-hybridized carbons (Fsp3) is 0.429. The van der Waals surface area contributed by atoms with E-state index >= 15 is 0 Å². The van der Waals surface area contributed by atoms with Crippen molar-refractivity contribution in [1.82, 2.24) is 9.47 Å². The molecular weight excluding hydrogens is 210 g/mol. The van der Waals surface area contributed by atoms with Crippen LogP contribution in [0, 0.1) is 6.92 Å². The average molecular weight is 231 g/mol. The molecule has 0 amide bonds. The van der Waals surface area contributed by atoms with Crippen LogP contribution in [0.3, 0.4) is 0 Å². The molecule has 0 spiro atoms. The molecule has 0 aliphatic heterocycles. The fourth-order valence-corrected chi connectivity index (χ4v) is 2.58. The van der Waals surface area contributed by atoms with E-state index in [2.05, 4.69) is 61.9 Å². The molecule has 3 heteroatoms. The number of nitrogens with two attached hydrogens (primary N) is 1. The van der Waals surface area contributed by atoms with Crippen LogP contribution in [-0.4, -0.2) is 30.1 Å². The maximum absolute atomic E-state index is 5.89. The molecule has 1 heterocycles. The minimum Gasteiger partial charge on any atom is -0.350 e. The second kappa shape index (κ2) is 4.51. The Labute approximate surface area is 103 Å². The van der Waals surface area contributed by atoms with Crippen LogP contribution in [0.15, 0.2) is 24.4 Å². The summed E-state index contributed by atoms with van der Waals surface area (Å²) in [4.78, 5) is 2.18. The van der Waals surface area contributed by atoms with Crippen molar-refractivity contribution >= 4 is 10.9 Å². The maximum Gasteiger partial charge on any atom is 0.0510 e. The standard InChI is InChI=1S/C14H21N3/c1-10-6-5-7-11-12(9-17(4)14(10)11)13(8-15)16(2)3/h5-7,9,13H,8,15H2,1-4H3. The van der Waals surface area contributed by atoms with Crippen LogP contribution >= 0.6 is 0 Å². The monoisotopic (exact) mass is 231 g/mol. The van der Waals surface area contributed by atoms with E-state index < -0.39 is 0 Å². The number of nitrogens with zero attached hydrogens (tertiary/aromatic N) is 2. The van der Waals surface area contributed by atoms with E-state index in [9.17, 15) is 0 Å². The highest BCUT2D eigenvalue weighted by atomic mass is 15.1. The number of fused-ring (bicyclic) bond motifs is 1. The number of rotatable bonds is 3. The van der Waals surface area contributed by atoms with Crippen LogP contribution in [0.2, 0.25) is 0 Å². The van der Waals surface area contributed by atoms with Gasteiger partial charge < -0.3 is 15.2 Å². The van der Waals surface area contributed by atoms with Gasteiger partial charge in [-0.1, -0.05) is 18.2 Å². The van der Waals surface area contributed by atoms with Gasteiger partial charge in [0.05, 0.1) is 5.52 Å². The molecule has 2 aromatic rings. The summed E-state index contributed by atoms with van der Waals surface area (Å²) in [5.74, 6) is 0. The van der Waals surface area contributed by atoms with E-state index in [1.165, 1.54) is 22.0 Å². The summed E-state index contributed by atoms with van der Waals surface area (Å²) in [7, 11) is 6.25. The summed E-state index contributed by atoms with van der Waals surface area (Å²) < 4.78 is 2.20. The quantitative estimate of drug-likeness (QED) is 0.877. The molecule has 0 saturated carbocycles. The van der Waals surface area contributed by atoms with Crippen LogP contribution in [0.5, 0.6) is 0 Å². The molecule has 0 radical (unpaired) electrons. The Kier molecular flexibility index (Phi) is 3.22. The van der Waals surface area contributed by atoms with Crippen molar-refractivity contribution in [2.75, 3.05) is 20.6 Å². The maximum atomic E-state index is 5.89. The topological polar surface area (TPSA) is 34.2 Å². The Morgan fingerprint density at radius 1 is 1.35 bits per heavy atom. The van der Waals surface area contributed by atoms with Gasteiger partial charge in [-0.15, -0.1) is 0 Å². The fourth-order valence-electron chi connectivity index (χ4n) is 2.58. The number of para-hydroxylation sites is 1. The van der Waals surface area contributed by atoms with Crippen molar-refractivity contribution < 1.29 is 0 Å². The highest BCUT2D eigenvalue weighted by Gasteiger charge is 2.18. The van der Waals surface area contributed by atoms with E-state index in [4.69, 9.17) is 5.73 Å². The molecular formula is C14H21N3. The van der Waals surface area contributed by atoms with Gasteiger partial charge in [-0.05, 0) is 32.1 Å². The van der Waals surface area contributed by atoms with E-state index in [1.54, 1.807) is 0 Å². The molecule has 0 aliphatic rings. The number of hydrogen-bond acceptors (Lipinski definition) is 2. The summed E-state index contributed by atoms with van der Waals surface area (Å²) in [6.45, 7) is 2.79. The molecule has 2 rings (SSSR count). The normalized spacial score (nSPS) is 13.5. The second-order valence-electron chi connectivity index (χ2n) is 4.88. The van der Waals surface area contributed by atoms with Gasteiger partial charge in [0.1, 0.15) is 0 Å². The van der Waals surface area contributed by atoms with Crippen molar-refractivity contribution in [3.8, 4) is 0 Å². The molecule has 1 atom stereocenters. The van der Waals surface area contributed by atoms with Crippen LogP contribution in [0.25, 0.3) is 10.9 Å². The highest BCUT2D eigenvalue weighted by molar-refractivity contribution is 5.87. The first kappa shape index (κ1) is 12.1. The number of benzene rings is 1. The van der Waals surface area contributed by atoms with Crippen molar-refractivity contribution in [2.24, 2.45) is 12.8 Å². The third kappa shape index (κ3) is 1.96. The lowest BCUT2D eigenvalue weighted by atomic mass is 10.0. The average Bonchev–Trinajstić information content (AvgIpc) is 2.58. The SMILES string of the molecule is Cc1cccc2c(C(CN)N(C)C)cn(C)c12. The first-order valence-electron chi connectivity index (χ1n) is 5.97. The van der Waals surface area contributed by atoms with Gasteiger partial charge in [-0.2, -0.15) is 0 Å². The largest absolute Gasteiger partial charge is 0.350 e. The highest BCUT2D eigenvalue weighted by Crippen LogP contribution is 2.29. The lowest BCUT2D eigenvalue weighted by Crippen LogP contribution is -2.26. The zero-order valence-corrected chi connectivity index (χ0v) is 11.1.